The Kier molecular flexibility index (Phi) is 5.75. The molecule has 2 aromatic carbocycles. The number of rotatable bonds is 7. The SMILES string of the molecule is CC[C@]1(c2ccccc2)NC(=O)N(NC(=O)CN[C@@H](C)c2ccccc2)C1=O. The van der Waals surface area contributed by atoms with Crippen LogP contribution in [0.5, 0.6) is 0 Å². The van der Waals surface area contributed by atoms with Crippen molar-refractivity contribution in [3.63, 3.8) is 0 Å². The van der Waals surface area contributed by atoms with Gasteiger partial charge in [0, 0.05) is 6.04 Å². The first-order chi connectivity index (χ1) is 13.5. The number of nitrogens with zero attached hydrogens (tertiary/aromatic N) is 1. The van der Waals surface area contributed by atoms with Gasteiger partial charge in [-0.3, -0.25) is 15.0 Å². The fraction of sp³-hybridized carbons (Fsp3) is 0.286. The molecule has 1 fully saturated rings. The number of hydrogen-bond donors (Lipinski definition) is 3. The lowest BCUT2D eigenvalue weighted by atomic mass is 9.87. The minimum absolute atomic E-state index is 0.0302. The zero-order chi connectivity index (χ0) is 20.1. The Hall–Kier alpha value is -3.19. The second kappa shape index (κ2) is 8.22. The van der Waals surface area contributed by atoms with E-state index in [9.17, 15) is 14.4 Å². The van der Waals surface area contributed by atoms with Crippen molar-refractivity contribution in [1.29, 1.82) is 0 Å². The summed E-state index contributed by atoms with van der Waals surface area (Å²) < 4.78 is 0. The average Bonchev–Trinajstić information content (AvgIpc) is 2.98. The topological polar surface area (TPSA) is 90.5 Å². The molecule has 0 aliphatic carbocycles. The van der Waals surface area contributed by atoms with Gasteiger partial charge in [-0.05, 0) is 24.5 Å². The molecule has 2 aromatic rings. The highest BCUT2D eigenvalue weighted by Gasteiger charge is 2.52. The van der Waals surface area contributed by atoms with Crippen molar-refractivity contribution in [3.8, 4) is 0 Å². The average molecular weight is 380 g/mol. The number of amides is 4. The van der Waals surface area contributed by atoms with Crippen LogP contribution in [0, 0.1) is 0 Å². The second-order valence-corrected chi connectivity index (χ2v) is 6.74. The molecule has 0 bridgehead atoms. The summed E-state index contributed by atoms with van der Waals surface area (Å²) in [4.78, 5) is 37.7. The Labute approximate surface area is 164 Å². The lowest BCUT2D eigenvalue weighted by molar-refractivity contribution is -0.139. The lowest BCUT2D eigenvalue weighted by Gasteiger charge is -2.25. The molecule has 28 heavy (non-hydrogen) atoms. The summed E-state index contributed by atoms with van der Waals surface area (Å²) >= 11 is 0. The third-order valence-corrected chi connectivity index (χ3v) is 4.99. The molecule has 0 radical (unpaired) electrons. The zero-order valence-corrected chi connectivity index (χ0v) is 15.9. The minimum Gasteiger partial charge on any atom is -0.318 e. The van der Waals surface area contributed by atoms with Crippen LogP contribution < -0.4 is 16.1 Å². The van der Waals surface area contributed by atoms with E-state index < -0.39 is 23.4 Å². The van der Waals surface area contributed by atoms with Crippen LogP contribution in [0.1, 0.15) is 37.4 Å². The van der Waals surface area contributed by atoms with Crippen LogP contribution in [0.4, 0.5) is 4.79 Å². The molecule has 1 aliphatic rings. The third kappa shape index (κ3) is 3.75. The highest BCUT2D eigenvalue weighted by Crippen LogP contribution is 2.31. The van der Waals surface area contributed by atoms with Gasteiger partial charge < -0.3 is 10.6 Å². The fourth-order valence-electron chi connectivity index (χ4n) is 3.31. The first-order valence-electron chi connectivity index (χ1n) is 9.28. The number of nitrogens with one attached hydrogen (secondary N) is 3. The van der Waals surface area contributed by atoms with Crippen LogP contribution in [-0.2, 0) is 15.1 Å². The summed E-state index contributed by atoms with van der Waals surface area (Å²) in [5, 5.41) is 6.59. The van der Waals surface area contributed by atoms with Crippen LogP contribution in [0.2, 0.25) is 0 Å². The van der Waals surface area contributed by atoms with E-state index >= 15 is 0 Å². The van der Waals surface area contributed by atoms with E-state index in [0.717, 1.165) is 10.6 Å². The van der Waals surface area contributed by atoms with E-state index in [1.165, 1.54) is 0 Å². The molecule has 2 atom stereocenters. The number of imide groups is 1. The monoisotopic (exact) mass is 380 g/mol. The van der Waals surface area contributed by atoms with Crippen molar-refractivity contribution in [2.75, 3.05) is 6.54 Å². The van der Waals surface area contributed by atoms with Gasteiger partial charge in [-0.1, -0.05) is 67.6 Å². The molecule has 0 spiro atoms. The van der Waals surface area contributed by atoms with Crippen LogP contribution in [0.15, 0.2) is 60.7 Å². The summed E-state index contributed by atoms with van der Waals surface area (Å²) in [7, 11) is 0. The van der Waals surface area contributed by atoms with Crippen LogP contribution in [-0.4, -0.2) is 29.4 Å². The number of benzene rings is 2. The summed E-state index contributed by atoms with van der Waals surface area (Å²) in [6.07, 6.45) is 0.372. The van der Waals surface area contributed by atoms with E-state index in [1.54, 1.807) is 12.1 Å². The first kappa shape index (κ1) is 19.6. The quantitative estimate of drug-likeness (QED) is 0.643. The maximum atomic E-state index is 13.0. The highest BCUT2D eigenvalue weighted by atomic mass is 16.2. The molecule has 3 N–H and O–H groups in total. The molecule has 146 valence electrons. The minimum atomic E-state index is -1.17. The molecule has 1 aliphatic heterocycles. The summed E-state index contributed by atoms with van der Waals surface area (Å²) in [5.41, 5.74) is 2.97. The van der Waals surface area contributed by atoms with Crippen molar-refractivity contribution < 1.29 is 14.4 Å². The van der Waals surface area contributed by atoms with E-state index in [4.69, 9.17) is 0 Å². The molecule has 3 rings (SSSR count). The predicted molar refractivity (Wildman–Crippen MR) is 105 cm³/mol. The molecule has 1 heterocycles. The zero-order valence-electron chi connectivity index (χ0n) is 15.9. The largest absolute Gasteiger partial charge is 0.344 e. The van der Waals surface area contributed by atoms with E-state index in [0.29, 0.717) is 12.0 Å². The van der Waals surface area contributed by atoms with Gasteiger partial charge in [-0.25, -0.2) is 4.79 Å². The van der Waals surface area contributed by atoms with Crippen molar-refractivity contribution in [3.05, 3.63) is 71.8 Å². The van der Waals surface area contributed by atoms with Gasteiger partial charge in [0.25, 0.3) is 11.8 Å². The Balaban J connectivity index is 1.65. The maximum absolute atomic E-state index is 13.0. The number of hydrazine groups is 1. The normalized spacial score (nSPS) is 20.0. The van der Waals surface area contributed by atoms with Gasteiger partial charge in [0.15, 0.2) is 0 Å². The van der Waals surface area contributed by atoms with Gasteiger partial charge in [-0.2, -0.15) is 5.01 Å². The van der Waals surface area contributed by atoms with Crippen molar-refractivity contribution in [2.45, 2.75) is 31.8 Å². The van der Waals surface area contributed by atoms with Crippen LogP contribution in [0.25, 0.3) is 0 Å². The lowest BCUT2D eigenvalue weighted by Crippen LogP contribution is -2.50. The Bertz CT molecular complexity index is 856. The Morgan fingerprint density at radius 1 is 1.07 bits per heavy atom. The molecule has 0 aromatic heterocycles. The van der Waals surface area contributed by atoms with Crippen LogP contribution >= 0.6 is 0 Å². The van der Waals surface area contributed by atoms with Gasteiger partial charge in [0.05, 0.1) is 6.54 Å². The number of hydrogen-bond acceptors (Lipinski definition) is 4. The third-order valence-electron chi connectivity index (χ3n) is 4.99. The molecule has 1 saturated heterocycles. The summed E-state index contributed by atoms with van der Waals surface area (Å²) in [5.74, 6) is -0.957. The number of urea groups is 1. The molecule has 7 heteroatoms. The van der Waals surface area contributed by atoms with Crippen LogP contribution in [0.3, 0.4) is 0 Å². The maximum Gasteiger partial charge on any atom is 0.344 e. The van der Waals surface area contributed by atoms with E-state index in [2.05, 4.69) is 16.1 Å². The summed E-state index contributed by atoms with van der Waals surface area (Å²) in [6, 6.07) is 18.0. The van der Waals surface area contributed by atoms with Gasteiger partial charge in [0.2, 0.25) is 0 Å². The smallest absolute Gasteiger partial charge is 0.318 e. The van der Waals surface area contributed by atoms with E-state index in [1.807, 2.05) is 62.4 Å². The van der Waals surface area contributed by atoms with Crippen molar-refractivity contribution in [2.24, 2.45) is 0 Å². The van der Waals surface area contributed by atoms with Crippen molar-refractivity contribution >= 4 is 17.8 Å². The number of carbonyl (C=O) groups excluding carboxylic acids is 3. The Morgan fingerprint density at radius 2 is 1.68 bits per heavy atom. The predicted octanol–water partition coefficient (Wildman–Crippen LogP) is 2.23. The van der Waals surface area contributed by atoms with E-state index in [-0.39, 0.29) is 12.6 Å². The second-order valence-electron chi connectivity index (χ2n) is 6.74. The molecule has 0 unspecified atom stereocenters. The molecule has 0 saturated carbocycles. The standard InChI is InChI=1S/C21H24N4O3/c1-3-21(17-12-8-5-9-13-17)19(27)25(20(28)23-21)24-18(26)14-22-15(2)16-10-6-4-7-11-16/h4-13,15,22H,3,14H2,1-2H3,(H,23,28)(H,24,26)/t15-,21+/m0/s1. The molecular weight excluding hydrogens is 356 g/mol. The number of carbonyl (C=O) groups is 3. The van der Waals surface area contributed by atoms with Crippen molar-refractivity contribution in [1.82, 2.24) is 21.1 Å². The highest BCUT2D eigenvalue weighted by molar-refractivity contribution is 6.08. The molecule has 7 nitrogen and oxygen atoms in total. The van der Waals surface area contributed by atoms with Gasteiger partial charge in [-0.15, -0.1) is 0 Å². The van der Waals surface area contributed by atoms with Gasteiger partial charge in [0.1, 0.15) is 5.54 Å². The first-order valence-corrected chi connectivity index (χ1v) is 9.28. The molecule has 4 amide bonds. The Morgan fingerprint density at radius 3 is 2.29 bits per heavy atom. The summed E-state index contributed by atoms with van der Waals surface area (Å²) in [6.45, 7) is 3.73. The fourth-order valence-corrected chi connectivity index (χ4v) is 3.31. The molecular formula is C21H24N4O3. The van der Waals surface area contributed by atoms with Gasteiger partial charge >= 0.3 is 6.03 Å².